The molecule has 0 spiro atoms. The zero-order chi connectivity index (χ0) is 18.4. The predicted molar refractivity (Wildman–Crippen MR) is 100 cm³/mol. The molecule has 1 N–H and O–H groups in total. The standard InChI is InChI=1S/C19H29N3O3/c1-15(23)22(14-11-20-18(24)25-19(2,3)4)17-9-7-16(8-10-17)21-12-5-6-13-21/h7-10H,5-6,11-14H2,1-4H3,(H,20,24). The van der Waals surface area contributed by atoms with Crippen molar-refractivity contribution >= 4 is 23.4 Å². The van der Waals surface area contributed by atoms with Crippen LogP contribution in [-0.2, 0) is 9.53 Å². The summed E-state index contributed by atoms with van der Waals surface area (Å²) in [4.78, 5) is 27.7. The summed E-state index contributed by atoms with van der Waals surface area (Å²) in [5, 5.41) is 2.69. The van der Waals surface area contributed by atoms with Crippen molar-refractivity contribution < 1.29 is 14.3 Å². The van der Waals surface area contributed by atoms with Gasteiger partial charge in [-0.15, -0.1) is 0 Å². The van der Waals surface area contributed by atoms with Crippen LogP contribution in [0.15, 0.2) is 24.3 Å². The van der Waals surface area contributed by atoms with E-state index < -0.39 is 11.7 Å². The van der Waals surface area contributed by atoms with Crippen LogP contribution in [0.2, 0.25) is 0 Å². The molecule has 2 amide bonds. The molecule has 0 bridgehead atoms. The average molecular weight is 347 g/mol. The van der Waals surface area contributed by atoms with E-state index in [2.05, 4.69) is 22.3 Å². The van der Waals surface area contributed by atoms with Crippen LogP contribution in [0, 0.1) is 0 Å². The Morgan fingerprint density at radius 2 is 1.76 bits per heavy atom. The van der Waals surface area contributed by atoms with Crippen molar-refractivity contribution in [2.24, 2.45) is 0 Å². The van der Waals surface area contributed by atoms with Gasteiger partial charge in [-0.1, -0.05) is 0 Å². The van der Waals surface area contributed by atoms with Gasteiger partial charge in [-0.05, 0) is 57.9 Å². The van der Waals surface area contributed by atoms with E-state index in [-0.39, 0.29) is 5.91 Å². The second-order valence-electron chi connectivity index (χ2n) is 7.31. The molecule has 1 aliphatic heterocycles. The number of hydrogen-bond donors (Lipinski definition) is 1. The van der Waals surface area contributed by atoms with E-state index in [4.69, 9.17) is 4.74 Å². The molecule has 0 atom stereocenters. The Morgan fingerprint density at radius 1 is 1.16 bits per heavy atom. The number of benzene rings is 1. The molecule has 1 aromatic carbocycles. The van der Waals surface area contributed by atoms with E-state index in [1.54, 1.807) is 4.90 Å². The summed E-state index contributed by atoms with van der Waals surface area (Å²) in [7, 11) is 0. The average Bonchev–Trinajstić information content (AvgIpc) is 3.04. The summed E-state index contributed by atoms with van der Waals surface area (Å²) in [6, 6.07) is 8.03. The highest BCUT2D eigenvalue weighted by Crippen LogP contribution is 2.23. The fourth-order valence-electron chi connectivity index (χ4n) is 2.87. The SMILES string of the molecule is CC(=O)N(CCNC(=O)OC(C)(C)C)c1ccc(N2CCCC2)cc1. The van der Waals surface area contributed by atoms with Crippen molar-refractivity contribution in [2.45, 2.75) is 46.1 Å². The van der Waals surface area contributed by atoms with Crippen LogP contribution in [0.25, 0.3) is 0 Å². The van der Waals surface area contributed by atoms with Gasteiger partial charge in [0.05, 0.1) is 0 Å². The normalized spacial score (nSPS) is 14.3. The molecule has 0 radical (unpaired) electrons. The lowest BCUT2D eigenvalue weighted by Gasteiger charge is -2.24. The van der Waals surface area contributed by atoms with Gasteiger partial charge in [-0.2, -0.15) is 0 Å². The summed E-state index contributed by atoms with van der Waals surface area (Å²) in [6.45, 7) is 9.90. The fraction of sp³-hybridized carbons (Fsp3) is 0.579. The number of alkyl carbamates (subject to hydrolysis) is 1. The molecule has 1 aliphatic rings. The lowest BCUT2D eigenvalue weighted by atomic mass is 10.2. The molecule has 2 rings (SSSR count). The van der Waals surface area contributed by atoms with Gasteiger partial charge in [-0.3, -0.25) is 4.79 Å². The molecular weight excluding hydrogens is 318 g/mol. The maximum atomic E-state index is 12.0. The maximum absolute atomic E-state index is 12.0. The van der Waals surface area contributed by atoms with Gasteiger partial charge in [0.25, 0.3) is 0 Å². The first-order valence-corrected chi connectivity index (χ1v) is 8.86. The van der Waals surface area contributed by atoms with E-state index >= 15 is 0 Å². The summed E-state index contributed by atoms with van der Waals surface area (Å²) in [6.07, 6.45) is 2.00. The third-order valence-electron chi connectivity index (χ3n) is 4.02. The predicted octanol–water partition coefficient (Wildman–Crippen LogP) is 3.16. The molecule has 0 unspecified atom stereocenters. The highest BCUT2D eigenvalue weighted by atomic mass is 16.6. The molecule has 6 heteroatoms. The second-order valence-corrected chi connectivity index (χ2v) is 7.31. The van der Waals surface area contributed by atoms with Gasteiger partial charge in [0, 0.05) is 44.5 Å². The Bertz CT molecular complexity index is 587. The molecule has 138 valence electrons. The Balaban J connectivity index is 1.91. The number of carbonyl (C=O) groups is 2. The third-order valence-corrected chi connectivity index (χ3v) is 4.02. The van der Waals surface area contributed by atoms with Gasteiger partial charge in [0.2, 0.25) is 5.91 Å². The summed E-state index contributed by atoms with van der Waals surface area (Å²) in [5.74, 6) is -0.0556. The van der Waals surface area contributed by atoms with E-state index in [9.17, 15) is 9.59 Å². The zero-order valence-corrected chi connectivity index (χ0v) is 15.7. The van der Waals surface area contributed by atoms with Crippen LogP contribution in [0.5, 0.6) is 0 Å². The molecule has 0 aromatic heterocycles. The molecular formula is C19H29N3O3. The number of nitrogens with zero attached hydrogens (tertiary/aromatic N) is 2. The topological polar surface area (TPSA) is 61.9 Å². The van der Waals surface area contributed by atoms with Crippen LogP contribution in [0.4, 0.5) is 16.2 Å². The Kier molecular flexibility index (Phi) is 6.28. The zero-order valence-electron chi connectivity index (χ0n) is 15.7. The first kappa shape index (κ1) is 19.1. The molecule has 6 nitrogen and oxygen atoms in total. The van der Waals surface area contributed by atoms with E-state index in [1.807, 2.05) is 32.9 Å². The van der Waals surface area contributed by atoms with Crippen LogP contribution in [0.1, 0.15) is 40.5 Å². The van der Waals surface area contributed by atoms with Gasteiger partial charge in [0.15, 0.2) is 0 Å². The maximum Gasteiger partial charge on any atom is 0.407 e. The molecule has 1 heterocycles. The molecule has 1 fully saturated rings. The van der Waals surface area contributed by atoms with Crippen molar-refractivity contribution in [3.8, 4) is 0 Å². The number of carbonyl (C=O) groups excluding carboxylic acids is 2. The third kappa shape index (κ3) is 5.96. The highest BCUT2D eigenvalue weighted by molar-refractivity contribution is 5.91. The minimum atomic E-state index is -0.532. The van der Waals surface area contributed by atoms with Crippen molar-refractivity contribution in [3.05, 3.63) is 24.3 Å². The Labute approximate surface area is 150 Å². The van der Waals surface area contributed by atoms with Crippen molar-refractivity contribution in [3.63, 3.8) is 0 Å². The lowest BCUT2D eigenvalue weighted by molar-refractivity contribution is -0.116. The summed E-state index contributed by atoms with van der Waals surface area (Å²) in [5.41, 5.74) is 1.49. The number of amides is 2. The van der Waals surface area contributed by atoms with Gasteiger partial charge < -0.3 is 19.9 Å². The van der Waals surface area contributed by atoms with Crippen LogP contribution < -0.4 is 15.1 Å². The molecule has 25 heavy (non-hydrogen) atoms. The smallest absolute Gasteiger partial charge is 0.407 e. The lowest BCUT2D eigenvalue weighted by Crippen LogP contribution is -2.39. The summed E-state index contributed by atoms with van der Waals surface area (Å²) < 4.78 is 5.20. The minimum Gasteiger partial charge on any atom is -0.444 e. The van der Waals surface area contributed by atoms with E-state index in [1.165, 1.54) is 25.5 Å². The molecule has 0 saturated carbocycles. The number of nitrogens with one attached hydrogen (secondary N) is 1. The van der Waals surface area contributed by atoms with Crippen LogP contribution in [0.3, 0.4) is 0 Å². The first-order valence-electron chi connectivity index (χ1n) is 8.86. The monoisotopic (exact) mass is 347 g/mol. The number of anilines is 2. The van der Waals surface area contributed by atoms with Crippen molar-refractivity contribution in [1.82, 2.24) is 5.32 Å². The largest absolute Gasteiger partial charge is 0.444 e. The number of hydrogen-bond acceptors (Lipinski definition) is 4. The van der Waals surface area contributed by atoms with E-state index in [0.29, 0.717) is 13.1 Å². The van der Waals surface area contributed by atoms with E-state index in [0.717, 1.165) is 18.8 Å². The van der Waals surface area contributed by atoms with Crippen molar-refractivity contribution in [1.29, 1.82) is 0 Å². The second kappa shape index (κ2) is 8.23. The van der Waals surface area contributed by atoms with Crippen LogP contribution >= 0.6 is 0 Å². The van der Waals surface area contributed by atoms with Gasteiger partial charge in [0.1, 0.15) is 5.60 Å². The van der Waals surface area contributed by atoms with Crippen LogP contribution in [-0.4, -0.2) is 43.8 Å². The van der Waals surface area contributed by atoms with Gasteiger partial charge in [-0.25, -0.2) is 4.79 Å². The van der Waals surface area contributed by atoms with Gasteiger partial charge >= 0.3 is 6.09 Å². The minimum absolute atomic E-state index is 0.0556. The number of ether oxygens (including phenoxy) is 1. The quantitative estimate of drug-likeness (QED) is 0.889. The Morgan fingerprint density at radius 3 is 2.28 bits per heavy atom. The van der Waals surface area contributed by atoms with Crippen molar-refractivity contribution in [2.75, 3.05) is 36.0 Å². The highest BCUT2D eigenvalue weighted by Gasteiger charge is 2.17. The Hall–Kier alpha value is -2.24. The molecule has 0 aliphatic carbocycles. The fourth-order valence-corrected chi connectivity index (χ4v) is 2.87. The number of rotatable bonds is 5. The molecule has 1 aromatic rings. The molecule has 1 saturated heterocycles. The first-order chi connectivity index (χ1) is 11.8. The summed E-state index contributed by atoms with van der Waals surface area (Å²) >= 11 is 0.